The van der Waals surface area contributed by atoms with Gasteiger partial charge in [0.15, 0.2) is 6.23 Å². The molecular weight excluding hydrogens is 345 g/mol. The number of carbonyl (C=O) groups is 2. The van der Waals surface area contributed by atoms with E-state index in [4.69, 9.17) is 15.2 Å². The lowest BCUT2D eigenvalue weighted by molar-refractivity contribution is -0.151. The molecule has 0 bridgehead atoms. The molecule has 1 aromatic heterocycles. The molecule has 1 aliphatic rings. The summed E-state index contributed by atoms with van der Waals surface area (Å²) in [6.07, 6.45) is -5.85. The topological polar surface area (TPSA) is 174 Å². The standard InChI is InChI=1S/C13H16FN3O8/c14-5-3-17(13(23)16-11(5)22)12-10(21)9(20)6(25-12)4-24-8(19)2-1-7(15)18/h3,6,9-10,12,20-21H,1-2,4H2,(H2,15,18)(H,16,22,23)/t6-,9-,10-,12-/m1/s1. The van der Waals surface area contributed by atoms with Crippen LogP contribution in [0.25, 0.3) is 0 Å². The second kappa shape index (κ2) is 7.55. The van der Waals surface area contributed by atoms with Crippen molar-refractivity contribution in [3.8, 4) is 0 Å². The quantitative estimate of drug-likeness (QED) is 0.390. The Bertz CT molecular complexity index is 775. The highest BCUT2D eigenvalue weighted by atomic mass is 19.1. The fraction of sp³-hybridized carbons (Fsp3) is 0.538. The molecule has 4 atom stereocenters. The number of nitrogens with zero attached hydrogens (tertiary/aromatic N) is 1. The van der Waals surface area contributed by atoms with Crippen LogP contribution in [0.2, 0.25) is 0 Å². The summed E-state index contributed by atoms with van der Waals surface area (Å²) >= 11 is 0. The lowest BCUT2D eigenvalue weighted by atomic mass is 10.1. The second-order valence-electron chi connectivity index (χ2n) is 5.34. The summed E-state index contributed by atoms with van der Waals surface area (Å²) in [5, 5.41) is 19.9. The number of ether oxygens (including phenoxy) is 2. The van der Waals surface area contributed by atoms with E-state index >= 15 is 0 Å². The first-order valence-corrected chi connectivity index (χ1v) is 7.17. The van der Waals surface area contributed by atoms with Crippen molar-refractivity contribution in [2.75, 3.05) is 6.61 Å². The largest absolute Gasteiger partial charge is 0.463 e. The fourth-order valence-electron chi connectivity index (χ4n) is 2.22. The van der Waals surface area contributed by atoms with Crippen molar-refractivity contribution in [2.45, 2.75) is 37.4 Å². The van der Waals surface area contributed by atoms with Crippen LogP contribution in [-0.4, -0.2) is 56.6 Å². The van der Waals surface area contributed by atoms with E-state index in [1.165, 1.54) is 0 Å². The zero-order valence-electron chi connectivity index (χ0n) is 12.8. The average molecular weight is 361 g/mol. The first kappa shape index (κ1) is 18.8. The van der Waals surface area contributed by atoms with Crippen LogP contribution >= 0.6 is 0 Å². The average Bonchev–Trinajstić information content (AvgIpc) is 2.82. The van der Waals surface area contributed by atoms with Crippen molar-refractivity contribution < 1.29 is 33.7 Å². The molecule has 1 aliphatic heterocycles. The molecule has 12 heteroatoms. The summed E-state index contributed by atoms with van der Waals surface area (Å²) in [5.41, 5.74) is 2.59. The van der Waals surface area contributed by atoms with Crippen molar-refractivity contribution in [1.29, 1.82) is 0 Å². The zero-order chi connectivity index (χ0) is 18.7. The van der Waals surface area contributed by atoms with Crippen molar-refractivity contribution in [3.05, 3.63) is 32.9 Å². The Morgan fingerprint density at radius 1 is 1.32 bits per heavy atom. The molecule has 0 spiro atoms. The third kappa shape index (κ3) is 4.29. The third-order valence-corrected chi connectivity index (χ3v) is 3.52. The second-order valence-corrected chi connectivity index (χ2v) is 5.34. The van der Waals surface area contributed by atoms with Crippen molar-refractivity contribution in [1.82, 2.24) is 9.55 Å². The number of rotatable bonds is 6. The maximum absolute atomic E-state index is 13.3. The van der Waals surface area contributed by atoms with Gasteiger partial charge >= 0.3 is 11.7 Å². The minimum Gasteiger partial charge on any atom is -0.463 e. The summed E-state index contributed by atoms with van der Waals surface area (Å²) in [6, 6.07) is 0. The van der Waals surface area contributed by atoms with E-state index in [0.717, 1.165) is 0 Å². The minimum atomic E-state index is -1.64. The molecule has 5 N–H and O–H groups in total. The highest BCUT2D eigenvalue weighted by Gasteiger charge is 2.44. The number of H-pyrrole nitrogens is 1. The van der Waals surface area contributed by atoms with Crippen LogP contribution in [0.3, 0.4) is 0 Å². The highest BCUT2D eigenvalue weighted by Crippen LogP contribution is 2.28. The number of hydrogen-bond donors (Lipinski definition) is 4. The lowest BCUT2D eigenvalue weighted by Crippen LogP contribution is -2.38. The van der Waals surface area contributed by atoms with Gasteiger partial charge in [-0.25, -0.2) is 4.79 Å². The number of esters is 1. The van der Waals surface area contributed by atoms with Gasteiger partial charge in [-0.2, -0.15) is 4.39 Å². The Labute approximate surface area is 138 Å². The molecule has 2 heterocycles. The molecule has 1 aromatic rings. The number of amides is 1. The van der Waals surface area contributed by atoms with E-state index in [-0.39, 0.29) is 12.8 Å². The highest BCUT2D eigenvalue weighted by molar-refractivity contribution is 5.79. The fourth-order valence-corrected chi connectivity index (χ4v) is 2.22. The van der Waals surface area contributed by atoms with Gasteiger partial charge in [0.1, 0.15) is 24.9 Å². The van der Waals surface area contributed by atoms with Crippen LogP contribution in [0.4, 0.5) is 4.39 Å². The van der Waals surface area contributed by atoms with E-state index in [1.54, 1.807) is 4.98 Å². The molecule has 0 aliphatic carbocycles. The van der Waals surface area contributed by atoms with Crippen molar-refractivity contribution >= 4 is 11.9 Å². The maximum Gasteiger partial charge on any atom is 0.330 e. The number of nitrogens with one attached hydrogen (secondary N) is 1. The number of halogens is 1. The lowest BCUT2D eigenvalue weighted by Gasteiger charge is -2.16. The first-order chi connectivity index (χ1) is 11.7. The molecule has 0 unspecified atom stereocenters. The molecular formula is C13H16FN3O8. The van der Waals surface area contributed by atoms with Gasteiger partial charge in [0.05, 0.1) is 12.6 Å². The van der Waals surface area contributed by atoms with Gasteiger partial charge in [-0.3, -0.25) is 23.9 Å². The molecule has 1 saturated heterocycles. The first-order valence-electron chi connectivity index (χ1n) is 7.17. The molecule has 0 aromatic carbocycles. The smallest absolute Gasteiger partial charge is 0.330 e. The van der Waals surface area contributed by atoms with Gasteiger partial charge in [-0.1, -0.05) is 0 Å². The van der Waals surface area contributed by atoms with E-state index in [1.807, 2.05) is 0 Å². The van der Waals surface area contributed by atoms with Crippen LogP contribution in [-0.2, 0) is 19.1 Å². The Balaban J connectivity index is 2.05. The van der Waals surface area contributed by atoms with Crippen LogP contribution in [0.1, 0.15) is 19.1 Å². The number of hydrogen-bond acceptors (Lipinski definition) is 8. The normalized spacial score (nSPS) is 25.7. The van der Waals surface area contributed by atoms with Crippen molar-refractivity contribution in [2.24, 2.45) is 5.73 Å². The van der Waals surface area contributed by atoms with Gasteiger partial charge in [0.25, 0.3) is 5.56 Å². The minimum absolute atomic E-state index is 0.218. The number of aromatic nitrogens is 2. The Kier molecular flexibility index (Phi) is 5.66. The van der Waals surface area contributed by atoms with Crippen molar-refractivity contribution in [3.63, 3.8) is 0 Å². The monoisotopic (exact) mass is 361 g/mol. The summed E-state index contributed by atoms with van der Waals surface area (Å²) in [7, 11) is 0. The van der Waals surface area contributed by atoms with Crippen LogP contribution in [0.5, 0.6) is 0 Å². The van der Waals surface area contributed by atoms with Crippen LogP contribution in [0, 0.1) is 5.82 Å². The van der Waals surface area contributed by atoms with E-state index in [2.05, 4.69) is 0 Å². The van der Waals surface area contributed by atoms with Gasteiger partial charge in [0, 0.05) is 6.42 Å². The predicted octanol–water partition coefficient (Wildman–Crippen LogP) is -2.90. The van der Waals surface area contributed by atoms with Gasteiger partial charge in [0.2, 0.25) is 11.7 Å². The number of nitrogens with two attached hydrogens (primary N) is 1. The number of aromatic amines is 1. The molecule has 0 radical (unpaired) electrons. The number of aliphatic hydroxyl groups is 2. The van der Waals surface area contributed by atoms with E-state index in [0.29, 0.717) is 10.8 Å². The van der Waals surface area contributed by atoms with Crippen LogP contribution < -0.4 is 17.0 Å². The number of primary amides is 1. The third-order valence-electron chi connectivity index (χ3n) is 3.52. The molecule has 2 rings (SSSR count). The van der Waals surface area contributed by atoms with Gasteiger partial charge < -0.3 is 25.4 Å². The Morgan fingerprint density at radius 2 is 2.00 bits per heavy atom. The summed E-state index contributed by atoms with van der Waals surface area (Å²) < 4.78 is 23.9. The van der Waals surface area contributed by atoms with Crippen LogP contribution in [0.15, 0.2) is 15.8 Å². The zero-order valence-corrected chi connectivity index (χ0v) is 12.8. The Hall–Kier alpha value is -2.57. The SMILES string of the molecule is NC(=O)CCC(=O)OC[C@H]1O[C@@H](n2cc(F)c(=O)[nH]c2=O)[C@H](O)[C@@H]1O. The molecule has 1 fully saturated rings. The van der Waals surface area contributed by atoms with E-state index < -0.39 is 60.1 Å². The molecule has 0 saturated carbocycles. The summed E-state index contributed by atoms with van der Waals surface area (Å²) in [6.45, 7) is -0.479. The number of carbonyl (C=O) groups excluding carboxylic acids is 2. The predicted molar refractivity (Wildman–Crippen MR) is 76.6 cm³/mol. The summed E-state index contributed by atoms with van der Waals surface area (Å²) in [4.78, 5) is 46.4. The number of aliphatic hydroxyl groups excluding tert-OH is 2. The summed E-state index contributed by atoms with van der Waals surface area (Å²) in [5.74, 6) is -2.75. The molecule has 11 nitrogen and oxygen atoms in total. The molecule has 1 amide bonds. The van der Waals surface area contributed by atoms with E-state index in [9.17, 15) is 33.8 Å². The van der Waals surface area contributed by atoms with Gasteiger partial charge in [-0.05, 0) is 0 Å². The Morgan fingerprint density at radius 3 is 2.64 bits per heavy atom. The van der Waals surface area contributed by atoms with Gasteiger partial charge in [-0.15, -0.1) is 0 Å². The maximum atomic E-state index is 13.3. The molecule has 25 heavy (non-hydrogen) atoms. The molecule has 138 valence electrons.